The fraction of sp³-hybridized carbons (Fsp3) is 0.679. The highest BCUT2D eigenvalue weighted by Crippen LogP contribution is 2.48. The molecule has 204 valence electrons. The first-order valence-electron chi connectivity index (χ1n) is 13.3. The molecule has 4 rings (SSSR count). The summed E-state index contributed by atoms with van der Waals surface area (Å²) >= 11 is 0. The molecule has 2 amide bonds. The molecule has 1 aromatic carbocycles. The van der Waals surface area contributed by atoms with E-state index >= 15 is 0 Å². The molecule has 0 radical (unpaired) electrons. The van der Waals surface area contributed by atoms with Gasteiger partial charge in [-0.2, -0.15) is 0 Å². The van der Waals surface area contributed by atoms with Crippen LogP contribution < -0.4 is 20.1 Å². The number of carboxylic acid groups (broad SMARTS) is 1. The lowest BCUT2D eigenvalue weighted by atomic mass is 9.75. The van der Waals surface area contributed by atoms with E-state index in [1.807, 2.05) is 6.92 Å². The molecule has 37 heavy (non-hydrogen) atoms. The number of ether oxygens (including phenoxy) is 2. The van der Waals surface area contributed by atoms with Crippen molar-refractivity contribution in [2.45, 2.75) is 96.7 Å². The van der Waals surface area contributed by atoms with Gasteiger partial charge in [0, 0.05) is 18.2 Å². The van der Waals surface area contributed by atoms with Crippen LogP contribution in [0.2, 0.25) is 0 Å². The number of amides is 2. The number of aliphatic carboxylic acids is 1. The first kappa shape index (κ1) is 27.2. The molecule has 0 bridgehead atoms. The Kier molecular flexibility index (Phi) is 7.72. The summed E-state index contributed by atoms with van der Waals surface area (Å²) in [5.74, 6) is -2.28. The predicted molar refractivity (Wildman–Crippen MR) is 135 cm³/mol. The van der Waals surface area contributed by atoms with E-state index in [1.54, 1.807) is 6.92 Å². The summed E-state index contributed by atoms with van der Waals surface area (Å²) in [6, 6.07) is 2.24. The number of methoxy groups -OCH3 is 1. The van der Waals surface area contributed by atoms with Crippen molar-refractivity contribution in [2.75, 3.05) is 7.11 Å². The van der Waals surface area contributed by atoms with Crippen molar-refractivity contribution in [3.63, 3.8) is 0 Å². The van der Waals surface area contributed by atoms with E-state index in [0.29, 0.717) is 38.5 Å². The Morgan fingerprint density at radius 3 is 2.32 bits per heavy atom. The highest BCUT2D eigenvalue weighted by molar-refractivity contribution is 5.98. The predicted octanol–water partition coefficient (Wildman–Crippen LogP) is 4.45. The minimum absolute atomic E-state index is 0.0378. The number of hydrogen-bond donors (Lipinski definition) is 3. The maximum atomic E-state index is 14.8. The van der Waals surface area contributed by atoms with E-state index in [0.717, 1.165) is 25.3 Å². The molecule has 3 aliphatic carbocycles. The van der Waals surface area contributed by atoms with Crippen molar-refractivity contribution < 1.29 is 33.4 Å². The van der Waals surface area contributed by atoms with E-state index in [1.165, 1.54) is 13.2 Å². The SMILES string of the molecule is COc1cc(F)c(O[C@H]2CC[C@@](C)(C(=O)O)CC2)cc1C(=O)N[C@@H]1CCC[C@@H]1C(=O)N[C@@H](C)C1(C)CC1. The molecule has 8 nitrogen and oxygen atoms in total. The number of benzene rings is 1. The van der Waals surface area contributed by atoms with Gasteiger partial charge in [0.25, 0.3) is 5.91 Å². The van der Waals surface area contributed by atoms with Crippen LogP contribution in [0.25, 0.3) is 0 Å². The summed E-state index contributed by atoms with van der Waals surface area (Å²) in [5, 5.41) is 15.6. The molecular weight excluding hydrogens is 479 g/mol. The highest BCUT2D eigenvalue weighted by atomic mass is 19.1. The average Bonchev–Trinajstić information content (AvgIpc) is 3.45. The van der Waals surface area contributed by atoms with Crippen LogP contribution in [0, 0.1) is 22.6 Å². The molecule has 3 fully saturated rings. The Labute approximate surface area is 217 Å². The number of carbonyl (C=O) groups excluding carboxylic acids is 2. The molecule has 3 aliphatic rings. The van der Waals surface area contributed by atoms with Crippen LogP contribution in [0.1, 0.15) is 88.9 Å². The lowest BCUT2D eigenvalue weighted by Crippen LogP contribution is -2.47. The normalized spacial score (nSPS) is 29.2. The van der Waals surface area contributed by atoms with Crippen LogP contribution in [0.15, 0.2) is 12.1 Å². The third-order valence-corrected chi connectivity index (χ3v) is 8.96. The molecule has 0 aromatic heterocycles. The second-order valence-corrected chi connectivity index (χ2v) is 11.7. The smallest absolute Gasteiger partial charge is 0.309 e. The summed E-state index contributed by atoms with van der Waals surface area (Å²) in [6.07, 6.45) is 5.91. The maximum Gasteiger partial charge on any atom is 0.309 e. The minimum Gasteiger partial charge on any atom is -0.496 e. The Morgan fingerprint density at radius 2 is 1.73 bits per heavy atom. The third-order valence-electron chi connectivity index (χ3n) is 8.96. The zero-order chi connectivity index (χ0) is 27.0. The Morgan fingerprint density at radius 1 is 1.05 bits per heavy atom. The second kappa shape index (κ2) is 10.5. The quantitative estimate of drug-likeness (QED) is 0.445. The van der Waals surface area contributed by atoms with E-state index in [4.69, 9.17) is 9.47 Å². The van der Waals surface area contributed by atoms with Gasteiger partial charge in [-0.25, -0.2) is 4.39 Å². The highest BCUT2D eigenvalue weighted by Gasteiger charge is 2.44. The molecular formula is C28H39FN2O6. The molecule has 0 aliphatic heterocycles. The molecule has 1 aromatic rings. The maximum absolute atomic E-state index is 14.8. The van der Waals surface area contributed by atoms with Crippen molar-refractivity contribution in [3.05, 3.63) is 23.5 Å². The number of hydrogen-bond acceptors (Lipinski definition) is 5. The third kappa shape index (κ3) is 5.85. The molecule has 0 heterocycles. The van der Waals surface area contributed by atoms with Gasteiger partial charge in [-0.15, -0.1) is 0 Å². The molecule has 3 atom stereocenters. The summed E-state index contributed by atoms with van der Waals surface area (Å²) in [5.41, 5.74) is -0.507. The van der Waals surface area contributed by atoms with Gasteiger partial charge in [0.15, 0.2) is 11.6 Å². The largest absolute Gasteiger partial charge is 0.496 e. The van der Waals surface area contributed by atoms with Crippen molar-refractivity contribution >= 4 is 17.8 Å². The van der Waals surface area contributed by atoms with Crippen molar-refractivity contribution in [2.24, 2.45) is 16.7 Å². The van der Waals surface area contributed by atoms with E-state index in [2.05, 4.69) is 17.6 Å². The van der Waals surface area contributed by atoms with Crippen molar-refractivity contribution in [1.29, 1.82) is 0 Å². The van der Waals surface area contributed by atoms with Gasteiger partial charge >= 0.3 is 5.97 Å². The lowest BCUT2D eigenvalue weighted by Gasteiger charge is -2.34. The van der Waals surface area contributed by atoms with Crippen molar-refractivity contribution in [1.82, 2.24) is 10.6 Å². The number of rotatable bonds is 9. The van der Waals surface area contributed by atoms with Crippen LogP contribution in [-0.2, 0) is 9.59 Å². The number of halogens is 1. The van der Waals surface area contributed by atoms with Gasteiger partial charge in [-0.05, 0) is 76.7 Å². The first-order valence-corrected chi connectivity index (χ1v) is 13.3. The van der Waals surface area contributed by atoms with Crippen LogP contribution in [-0.4, -0.2) is 48.2 Å². The topological polar surface area (TPSA) is 114 Å². The zero-order valence-corrected chi connectivity index (χ0v) is 22.2. The number of carboxylic acids is 1. The number of carbonyl (C=O) groups is 3. The Bertz CT molecular complexity index is 1050. The monoisotopic (exact) mass is 518 g/mol. The molecule has 3 saturated carbocycles. The standard InChI is InChI=1S/C28H39FN2O6/c1-16(27(2)12-13-27)30-24(32)18-6-5-7-21(18)31-25(33)19-14-23(20(29)15-22(19)36-4)37-17-8-10-28(3,11-9-17)26(34)35/h14-18,21H,5-13H2,1-4H3,(H,30,32)(H,31,33)(H,34,35)/t16-,17-,18-,21+,28+/m0/s1. The van der Waals surface area contributed by atoms with Gasteiger partial charge in [-0.3, -0.25) is 14.4 Å². The minimum atomic E-state index is -0.837. The second-order valence-electron chi connectivity index (χ2n) is 11.7. The molecule has 0 saturated heterocycles. The van der Waals surface area contributed by atoms with Gasteiger partial charge in [0.05, 0.1) is 30.1 Å². The Balaban J connectivity index is 1.43. The molecule has 0 spiro atoms. The van der Waals surface area contributed by atoms with Crippen LogP contribution in [0.5, 0.6) is 11.5 Å². The van der Waals surface area contributed by atoms with Gasteiger partial charge in [0.1, 0.15) is 5.75 Å². The van der Waals surface area contributed by atoms with Gasteiger partial charge in [-0.1, -0.05) is 13.3 Å². The lowest BCUT2D eigenvalue weighted by molar-refractivity contribution is -0.150. The van der Waals surface area contributed by atoms with Gasteiger partial charge in [0.2, 0.25) is 5.91 Å². The average molecular weight is 519 g/mol. The van der Waals surface area contributed by atoms with E-state index in [-0.39, 0.29) is 52.5 Å². The van der Waals surface area contributed by atoms with E-state index < -0.39 is 23.1 Å². The summed E-state index contributed by atoms with van der Waals surface area (Å²) in [4.78, 5) is 37.8. The van der Waals surface area contributed by atoms with Crippen molar-refractivity contribution in [3.8, 4) is 11.5 Å². The van der Waals surface area contributed by atoms with Crippen LogP contribution in [0.4, 0.5) is 4.39 Å². The van der Waals surface area contributed by atoms with Gasteiger partial charge < -0.3 is 25.2 Å². The number of nitrogens with one attached hydrogen (secondary N) is 2. The zero-order valence-electron chi connectivity index (χ0n) is 22.2. The molecule has 9 heteroatoms. The summed E-state index contributed by atoms with van der Waals surface area (Å²) in [7, 11) is 1.37. The van der Waals surface area contributed by atoms with Crippen LogP contribution in [0.3, 0.4) is 0 Å². The Hall–Kier alpha value is -2.84. The molecule has 3 N–H and O–H groups in total. The molecule has 0 unspecified atom stereocenters. The first-order chi connectivity index (χ1) is 17.5. The summed E-state index contributed by atoms with van der Waals surface area (Å²) < 4.78 is 26.0. The summed E-state index contributed by atoms with van der Waals surface area (Å²) in [6.45, 7) is 5.92. The van der Waals surface area contributed by atoms with E-state index in [9.17, 15) is 23.9 Å². The fourth-order valence-electron chi connectivity index (χ4n) is 5.53. The van der Waals surface area contributed by atoms with Crippen LogP contribution >= 0.6 is 0 Å². The fourth-order valence-corrected chi connectivity index (χ4v) is 5.53.